The molecule has 4 N–H and O–H groups in total. The zero-order chi connectivity index (χ0) is 14.8. The highest BCUT2D eigenvalue weighted by Gasteiger charge is 2.17. The molecule has 7 nitrogen and oxygen atoms in total. The van der Waals surface area contributed by atoms with Crippen LogP contribution in [0.5, 0.6) is 0 Å². The number of carbonyl (C=O) groups excluding carboxylic acids is 1. The lowest BCUT2D eigenvalue weighted by Gasteiger charge is -2.07. The number of nitrogens with one attached hydrogen (secondary N) is 2. The van der Waals surface area contributed by atoms with E-state index in [9.17, 15) is 4.79 Å². The van der Waals surface area contributed by atoms with Crippen LogP contribution in [-0.4, -0.2) is 50.8 Å². The first-order chi connectivity index (χ1) is 9.70. The monoisotopic (exact) mass is 302 g/mol. The van der Waals surface area contributed by atoms with Gasteiger partial charge < -0.3 is 25.8 Å². The van der Waals surface area contributed by atoms with Gasteiger partial charge in [0.25, 0.3) is 5.91 Å². The molecule has 1 aromatic heterocycles. The molecule has 0 saturated heterocycles. The Hall–Kier alpha value is -1.38. The fourth-order valence-corrected chi connectivity index (χ4v) is 2.28. The van der Waals surface area contributed by atoms with Crippen molar-refractivity contribution >= 4 is 28.3 Å². The van der Waals surface area contributed by atoms with E-state index in [1.807, 2.05) is 0 Å². The molecular formula is C12H22N4O3S. The first-order valence-electron chi connectivity index (χ1n) is 6.48. The van der Waals surface area contributed by atoms with E-state index in [-0.39, 0.29) is 11.7 Å². The molecule has 0 fully saturated rings. The molecular weight excluding hydrogens is 280 g/mol. The van der Waals surface area contributed by atoms with Gasteiger partial charge in [-0.15, -0.1) is 0 Å². The van der Waals surface area contributed by atoms with Gasteiger partial charge in [-0.05, 0) is 24.4 Å². The number of anilines is 2. The van der Waals surface area contributed by atoms with Crippen LogP contribution in [0, 0.1) is 0 Å². The fourth-order valence-electron chi connectivity index (χ4n) is 1.54. The molecule has 0 unspecified atom stereocenters. The van der Waals surface area contributed by atoms with Crippen molar-refractivity contribution in [2.45, 2.75) is 12.8 Å². The van der Waals surface area contributed by atoms with Gasteiger partial charge in [0.15, 0.2) is 5.82 Å². The number of hydrogen-bond donors (Lipinski definition) is 3. The molecule has 0 spiro atoms. The minimum Gasteiger partial charge on any atom is -0.382 e. The van der Waals surface area contributed by atoms with Crippen molar-refractivity contribution in [1.82, 2.24) is 9.69 Å². The molecule has 1 rings (SSSR count). The maximum atomic E-state index is 11.7. The smallest absolute Gasteiger partial charge is 0.257 e. The molecule has 0 aliphatic carbocycles. The Morgan fingerprint density at radius 2 is 2.15 bits per heavy atom. The van der Waals surface area contributed by atoms with Crippen molar-refractivity contribution in [2.75, 3.05) is 51.6 Å². The van der Waals surface area contributed by atoms with E-state index in [1.165, 1.54) is 11.5 Å². The summed E-state index contributed by atoms with van der Waals surface area (Å²) in [6.45, 7) is 2.70. The standard InChI is InChI=1S/C12H22N4O3S/c1-14-11(17)9-10(13)16-20-12(9)15-5-3-4-6-19-8-7-18-2/h15H,3-8H2,1-2H3,(H2,13,16)(H,14,17). The molecule has 20 heavy (non-hydrogen) atoms. The molecule has 1 amide bonds. The van der Waals surface area contributed by atoms with Gasteiger partial charge in [0.2, 0.25) is 0 Å². The van der Waals surface area contributed by atoms with Crippen LogP contribution in [0.3, 0.4) is 0 Å². The van der Waals surface area contributed by atoms with Crippen molar-refractivity contribution in [3.63, 3.8) is 0 Å². The molecule has 8 heteroatoms. The van der Waals surface area contributed by atoms with Gasteiger partial charge in [-0.2, -0.15) is 4.37 Å². The van der Waals surface area contributed by atoms with E-state index in [0.717, 1.165) is 19.4 Å². The Kier molecular flexibility index (Phi) is 7.93. The van der Waals surface area contributed by atoms with Crippen molar-refractivity contribution < 1.29 is 14.3 Å². The molecule has 0 radical (unpaired) electrons. The Morgan fingerprint density at radius 1 is 1.35 bits per heavy atom. The molecule has 114 valence electrons. The predicted octanol–water partition coefficient (Wildman–Crippen LogP) is 0.940. The number of ether oxygens (including phenoxy) is 2. The summed E-state index contributed by atoms with van der Waals surface area (Å²) in [5.41, 5.74) is 6.11. The molecule has 0 aliphatic heterocycles. The highest BCUT2D eigenvalue weighted by Crippen LogP contribution is 2.26. The van der Waals surface area contributed by atoms with Crippen LogP contribution in [0.4, 0.5) is 10.8 Å². The summed E-state index contributed by atoms with van der Waals surface area (Å²) >= 11 is 1.20. The van der Waals surface area contributed by atoms with Gasteiger partial charge in [-0.3, -0.25) is 4.79 Å². The summed E-state index contributed by atoms with van der Waals surface area (Å²) in [5, 5.41) is 6.45. The third kappa shape index (κ3) is 5.32. The molecule has 0 saturated carbocycles. The Labute approximate surface area is 123 Å². The normalized spacial score (nSPS) is 10.5. The molecule has 0 aromatic carbocycles. The van der Waals surface area contributed by atoms with Gasteiger partial charge in [-0.25, -0.2) is 0 Å². The van der Waals surface area contributed by atoms with Crippen LogP contribution < -0.4 is 16.4 Å². The van der Waals surface area contributed by atoms with E-state index in [4.69, 9.17) is 15.2 Å². The van der Waals surface area contributed by atoms with Crippen LogP contribution in [0.15, 0.2) is 0 Å². The van der Waals surface area contributed by atoms with Crippen LogP contribution in [0.1, 0.15) is 23.2 Å². The third-order valence-corrected chi connectivity index (χ3v) is 3.42. The number of methoxy groups -OCH3 is 1. The second kappa shape index (κ2) is 9.51. The number of nitrogens with zero attached hydrogens (tertiary/aromatic N) is 1. The maximum absolute atomic E-state index is 11.7. The lowest BCUT2D eigenvalue weighted by atomic mass is 10.2. The largest absolute Gasteiger partial charge is 0.382 e. The zero-order valence-electron chi connectivity index (χ0n) is 11.9. The van der Waals surface area contributed by atoms with Crippen LogP contribution >= 0.6 is 11.5 Å². The topological polar surface area (TPSA) is 98.5 Å². The second-order valence-corrected chi connectivity index (χ2v) is 4.86. The molecule has 0 aliphatic rings. The lowest BCUT2D eigenvalue weighted by molar-refractivity contribution is 0.0691. The summed E-state index contributed by atoms with van der Waals surface area (Å²) in [4.78, 5) is 11.7. The van der Waals surface area contributed by atoms with Crippen LogP contribution in [0.25, 0.3) is 0 Å². The number of unbranched alkanes of at least 4 members (excludes halogenated alkanes) is 1. The average molecular weight is 302 g/mol. The Morgan fingerprint density at radius 3 is 2.85 bits per heavy atom. The summed E-state index contributed by atoms with van der Waals surface area (Å²) < 4.78 is 14.2. The van der Waals surface area contributed by atoms with E-state index >= 15 is 0 Å². The quantitative estimate of drug-likeness (QED) is 0.556. The number of nitrogen functional groups attached to an aromatic ring is 1. The number of amides is 1. The van der Waals surface area contributed by atoms with Gasteiger partial charge in [0.1, 0.15) is 10.6 Å². The molecule has 0 atom stereocenters. The van der Waals surface area contributed by atoms with Gasteiger partial charge in [0, 0.05) is 27.3 Å². The first-order valence-corrected chi connectivity index (χ1v) is 7.25. The summed E-state index contributed by atoms with van der Waals surface area (Å²) in [5.74, 6) is 0.0430. The van der Waals surface area contributed by atoms with Gasteiger partial charge >= 0.3 is 0 Å². The van der Waals surface area contributed by atoms with E-state index in [1.54, 1.807) is 14.2 Å². The predicted molar refractivity (Wildman–Crippen MR) is 80.3 cm³/mol. The summed E-state index contributed by atoms with van der Waals surface area (Å²) in [7, 11) is 3.22. The first kappa shape index (κ1) is 16.7. The number of carbonyl (C=O) groups is 1. The highest BCUT2D eigenvalue weighted by molar-refractivity contribution is 7.11. The molecule has 1 aromatic rings. The van der Waals surface area contributed by atoms with Crippen LogP contribution in [-0.2, 0) is 9.47 Å². The van der Waals surface area contributed by atoms with Crippen molar-refractivity contribution in [3.8, 4) is 0 Å². The number of rotatable bonds is 10. The maximum Gasteiger partial charge on any atom is 0.257 e. The lowest BCUT2D eigenvalue weighted by Crippen LogP contribution is -2.20. The Balaban J connectivity index is 2.24. The van der Waals surface area contributed by atoms with E-state index in [2.05, 4.69) is 15.0 Å². The minimum atomic E-state index is -0.221. The number of hydrogen-bond acceptors (Lipinski definition) is 7. The van der Waals surface area contributed by atoms with Crippen molar-refractivity contribution in [3.05, 3.63) is 5.56 Å². The summed E-state index contributed by atoms with van der Waals surface area (Å²) in [6.07, 6.45) is 1.89. The molecule has 1 heterocycles. The summed E-state index contributed by atoms with van der Waals surface area (Å²) in [6, 6.07) is 0. The van der Waals surface area contributed by atoms with Crippen molar-refractivity contribution in [1.29, 1.82) is 0 Å². The minimum absolute atomic E-state index is 0.221. The highest BCUT2D eigenvalue weighted by atomic mass is 32.1. The average Bonchev–Trinajstić information content (AvgIpc) is 2.82. The fraction of sp³-hybridized carbons (Fsp3) is 0.667. The Bertz CT molecular complexity index is 411. The van der Waals surface area contributed by atoms with E-state index in [0.29, 0.717) is 30.4 Å². The number of aromatic nitrogens is 1. The number of nitrogens with two attached hydrogens (primary N) is 1. The molecule has 0 bridgehead atoms. The van der Waals surface area contributed by atoms with Gasteiger partial charge in [0.05, 0.1) is 13.2 Å². The van der Waals surface area contributed by atoms with Gasteiger partial charge in [-0.1, -0.05) is 0 Å². The zero-order valence-corrected chi connectivity index (χ0v) is 12.7. The van der Waals surface area contributed by atoms with E-state index < -0.39 is 0 Å². The van der Waals surface area contributed by atoms with Crippen molar-refractivity contribution in [2.24, 2.45) is 0 Å². The third-order valence-electron chi connectivity index (χ3n) is 2.61. The SMILES string of the molecule is CNC(=O)c1c(N)nsc1NCCCCOCCOC. The van der Waals surface area contributed by atoms with Crippen LogP contribution in [0.2, 0.25) is 0 Å². The second-order valence-electron chi connectivity index (χ2n) is 4.09.